The molecule has 1 N–H and O–H groups in total. The van der Waals surface area contributed by atoms with E-state index >= 15 is 0 Å². The molecule has 11 heteroatoms. The number of carbonyl (C=O) groups is 4. The van der Waals surface area contributed by atoms with E-state index in [1.807, 2.05) is 80.5 Å². The molecule has 4 aliphatic rings. The maximum atomic E-state index is 12.2. The molecule has 0 radical (unpaired) electrons. The number of hydrogen-bond donors (Lipinski definition) is 1. The minimum atomic E-state index is -0.510. The van der Waals surface area contributed by atoms with Crippen LogP contribution in [0.3, 0.4) is 0 Å². The van der Waals surface area contributed by atoms with Gasteiger partial charge in [0.05, 0.1) is 28.3 Å². The van der Waals surface area contributed by atoms with Gasteiger partial charge in [-0.25, -0.2) is 0 Å². The van der Waals surface area contributed by atoms with Crippen LogP contribution in [0.5, 0.6) is 23.0 Å². The Balaban J connectivity index is 0.000000187. The van der Waals surface area contributed by atoms with Crippen molar-refractivity contribution in [1.82, 2.24) is 0 Å². The van der Waals surface area contributed by atoms with Crippen LogP contribution in [0.25, 0.3) is 0 Å². The van der Waals surface area contributed by atoms with Crippen LogP contribution in [0.2, 0.25) is 0 Å². The SMILES string of the molecule is CCC(C)(C)C(=O)OC1C2CC3C(=O)OC1C3O2.CCC(C)(C)C(=O)Oc1ccc(O)cc1.CCC(C)(C)C(=O)Oc1cccc(OC2(C)CCCCC2)c1. The summed E-state index contributed by atoms with van der Waals surface area (Å²) in [4.78, 5) is 47.4. The average Bonchev–Trinajstić information content (AvgIpc) is 3.79. The van der Waals surface area contributed by atoms with Crippen molar-refractivity contribution >= 4 is 23.9 Å². The second-order valence-corrected chi connectivity index (χ2v) is 17.3. The highest BCUT2D eigenvalue weighted by molar-refractivity contribution is 5.79. The molecule has 5 unspecified atom stereocenters. The number of esters is 4. The molecule has 2 aromatic carbocycles. The Kier molecular flexibility index (Phi) is 14.1. The lowest BCUT2D eigenvalue weighted by atomic mass is 9.86. The molecule has 0 spiro atoms. The minimum Gasteiger partial charge on any atom is -0.508 e. The number of benzene rings is 2. The van der Waals surface area contributed by atoms with E-state index < -0.39 is 28.5 Å². The van der Waals surface area contributed by atoms with E-state index in [2.05, 4.69) is 6.92 Å². The molecular formula is C44H62O11. The van der Waals surface area contributed by atoms with E-state index in [1.54, 1.807) is 18.2 Å². The molecule has 6 rings (SSSR count). The van der Waals surface area contributed by atoms with E-state index in [0.717, 1.165) is 31.4 Å². The number of carbonyl (C=O) groups excluding carboxylic acids is 4. The number of aromatic hydroxyl groups is 1. The monoisotopic (exact) mass is 766 g/mol. The van der Waals surface area contributed by atoms with Crippen molar-refractivity contribution in [2.45, 2.75) is 157 Å². The smallest absolute Gasteiger partial charge is 0.316 e. The maximum absolute atomic E-state index is 12.2. The lowest BCUT2D eigenvalue weighted by Gasteiger charge is -2.34. The van der Waals surface area contributed by atoms with Gasteiger partial charge < -0.3 is 33.5 Å². The Labute approximate surface area is 326 Å². The van der Waals surface area contributed by atoms with Gasteiger partial charge in [0.15, 0.2) is 12.2 Å². The first-order valence-corrected chi connectivity index (χ1v) is 19.8. The molecular weight excluding hydrogens is 704 g/mol. The molecule has 5 atom stereocenters. The lowest BCUT2D eigenvalue weighted by molar-refractivity contribution is -0.169. The van der Waals surface area contributed by atoms with Crippen LogP contribution in [0, 0.1) is 22.2 Å². The van der Waals surface area contributed by atoms with Gasteiger partial charge >= 0.3 is 23.9 Å². The Morgan fingerprint density at radius 1 is 0.745 bits per heavy atom. The van der Waals surface area contributed by atoms with Crippen molar-refractivity contribution in [2.24, 2.45) is 22.2 Å². The molecule has 0 aromatic heterocycles. The normalized spacial score (nSPS) is 23.6. The predicted molar refractivity (Wildman–Crippen MR) is 207 cm³/mol. The van der Waals surface area contributed by atoms with Crippen LogP contribution in [0.15, 0.2) is 48.5 Å². The van der Waals surface area contributed by atoms with Crippen molar-refractivity contribution in [2.75, 3.05) is 0 Å². The van der Waals surface area contributed by atoms with Crippen molar-refractivity contribution < 1.29 is 52.7 Å². The molecule has 2 bridgehead atoms. The third-order valence-electron chi connectivity index (χ3n) is 11.7. The summed E-state index contributed by atoms with van der Waals surface area (Å²) in [5, 5.41) is 9.06. The van der Waals surface area contributed by atoms with Gasteiger partial charge in [0.1, 0.15) is 34.7 Å². The Morgan fingerprint density at radius 2 is 1.27 bits per heavy atom. The van der Waals surface area contributed by atoms with Crippen LogP contribution in [0.4, 0.5) is 0 Å². The largest absolute Gasteiger partial charge is 0.508 e. The Morgan fingerprint density at radius 3 is 1.84 bits per heavy atom. The van der Waals surface area contributed by atoms with E-state index in [1.165, 1.54) is 31.4 Å². The first-order chi connectivity index (χ1) is 25.7. The van der Waals surface area contributed by atoms with Gasteiger partial charge in [-0.2, -0.15) is 0 Å². The predicted octanol–water partition coefficient (Wildman–Crippen LogP) is 8.91. The molecule has 2 aromatic rings. The highest BCUT2D eigenvalue weighted by Gasteiger charge is 2.65. The summed E-state index contributed by atoms with van der Waals surface area (Å²) >= 11 is 0. The fourth-order valence-corrected chi connectivity index (χ4v) is 6.39. The molecule has 0 amide bonds. The second-order valence-electron chi connectivity index (χ2n) is 17.3. The molecule has 3 heterocycles. The van der Waals surface area contributed by atoms with E-state index in [0.29, 0.717) is 24.3 Å². The molecule has 4 fully saturated rings. The average molecular weight is 767 g/mol. The zero-order valence-corrected chi connectivity index (χ0v) is 34.4. The van der Waals surface area contributed by atoms with Gasteiger partial charge in [0, 0.05) is 6.07 Å². The van der Waals surface area contributed by atoms with Crippen LogP contribution >= 0.6 is 0 Å². The molecule has 304 valence electrons. The Bertz CT molecular complexity index is 1640. The van der Waals surface area contributed by atoms with Crippen molar-refractivity contribution in [3.8, 4) is 23.0 Å². The highest BCUT2D eigenvalue weighted by atomic mass is 16.7. The molecule has 11 nitrogen and oxygen atoms in total. The van der Waals surface area contributed by atoms with E-state index in [9.17, 15) is 19.2 Å². The minimum absolute atomic E-state index is 0.0937. The van der Waals surface area contributed by atoms with Crippen LogP contribution < -0.4 is 14.2 Å². The number of hydrogen-bond acceptors (Lipinski definition) is 11. The van der Waals surface area contributed by atoms with Crippen LogP contribution in [0.1, 0.15) is 127 Å². The summed E-state index contributed by atoms with van der Waals surface area (Å²) in [5.41, 5.74) is -1.54. The number of ether oxygens (including phenoxy) is 6. The number of phenols is 1. The topological polar surface area (TPSA) is 144 Å². The second kappa shape index (κ2) is 17.8. The summed E-state index contributed by atoms with van der Waals surface area (Å²) in [6, 6.07) is 13.6. The number of fused-ring (bicyclic) bond motifs is 1. The maximum Gasteiger partial charge on any atom is 0.316 e. The molecule has 3 aliphatic heterocycles. The summed E-state index contributed by atoms with van der Waals surface area (Å²) in [6.45, 7) is 19.3. The number of phenolic OH excluding ortho intramolecular Hbond substituents is 1. The summed E-state index contributed by atoms with van der Waals surface area (Å²) < 4.78 is 33.3. The fourth-order valence-electron chi connectivity index (χ4n) is 6.39. The van der Waals surface area contributed by atoms with Crippen LogP contribution in [-0.2, 0) is 33.4 Å². The molecule has 55 heavy (non-hydrogen) atoms. The van der Waals surface area contributed by atoms with E-state index in [-0.39, 0.29) is 53.4 Å². The third kappa shape index (κ3) is 11.0. The van der Waals surface area contributed by atoms with Crippen LogP contribution in [-0.4, -0.2) is 59.0 Å². The fraction of sp³-hybridized carbons (Fsp3) is 0.636. The summed E-state index contributed by atoms with van der Waals surface area (Å²) in [7, 11) is 0. The van der Waals surface area contributed by atoms with Gasteiger partial charge in [-0.05, 0) is 136 Å². The number of rotatable bonds is 11. The third-order valence-corrected chi connectivity index (χ3v) is 11.7. The standard InChI is InChI=1S/C19H28O3.C13H18O5.C12H16O3/c1-5-18(2,3)17(20)21-15-10-9-11-16(14-15)22-19(4)12-7-6-8-13-19;1-4-13(2,3)12(15)18-9-7-5-6-8(16-7)10(9)17-11(6)14;1-4-12(2,3)11(14)15-10-7-5-9(13)6-8-10/h9-11,14H,5-8,12-13H2,1-4H3;6-10H,4-5H2,1-3H3;5-8,13H,4H2,1-3H3. The van der Waals surface area contributed by atoms with Crippen molar-refractivity contribution in [1.29, 1.82) is 0 Å². The molecule has 1 saturated carbocycles. The van der Waals surface area contributed by atoms with Gasteiger partial charge in [-0.3, -0.25) is 19.2 Å². The molecule has 1 aliphatic carbocycles. The van der Waals surface area contributed by atoms with E-state index in [4.69, 9.17) is 33.5 Å². The lowest BCUT2D eigenvalue weighted by Crippen LogP contribution is -2.42. The zero-order valence-electron chi connectivity index (χ0n) is 34.4. The van der Waals surface area contributed by atoms with Gasteiger partial charge in [-0.15, -0.1) is 0 Å². The van der Waals surface area contributed by atoms with Crippen molar-refractivity contribution in [3.05, 3.63) is 48.5 Å². The van der Waals surface area contributed by atoms with Gasteiger partial charge in [-0.1, -0.05) is 33.3 Å². The quantitative estimate of drug-likeness (QED) is 0.173. The zero-order chi connectivity index (χ0) is 40.8. The first-order valence-electron chi connectivity index (χ1n) is 19.8. The summed E-state index contributed by atoms with van der Waals surface area (Å²) in [5.74, 6) is 0.906. The summed E-state index contributed by atoms with van der Waals surface area (Å²) in [6.07, 6.45) is 7.51. The van der Waals surface area contributed by atoms with Crippen molar-refractivity contribution in [3.63, 3.8) is 0 Å². The van der Waals surface area contributed by atoms with Gasteiger partial charge in [0.2, 0.25) is 0 Å². The first kappa shape index (κ1) is 43.6. The van der Waals surface area contributed by atoms with Gasteiger partial charge in [0.25, 0.3) is 0 Å². The molecule has 3 saturated heterocycles. The Hall–Kier alpha value is -4.12. The highest BCUT2D eigenvalue weighted by Crippen LogP contribution is 2.48.